The molecule has 1 atom stereocenters. The number of anilines is 1. The molecular weight excluding hydrogens is 276 g/mol. The fraction of sp³-hybridized carbons (Fsp3) is 0.462. The highest BCUT2D eigenvalue weighted by Crippen LogP contribution is 2.32. The van der Waals surface area contributed by atoms with Crippen molar-refractivity contribution in [2.45, 2.75) is 38.4 Å². The van der Waals surface area contributed by atoms with Gasteiger partial charge in [0.15, 0.2) is 0 Å². The van der Waals surface area contributed by atoms with E-state index in [2.05, 4.69) is 5.32 Å². The van der Waals surface area contributed by atoms with Crippen LogP contribution in [0.15, 0.2) is 18.2 Å². The molecule has 112 valence electrons. The third-order valence-electron chi connectivity index (χ3n) is 2.83. The average molecular weight is 292 g/mol. The lowest BCUT2D eigenvalue weighted by atomic mass is 9.96. The number of nitrogens with two attached hydrogens (primary N) is 1. The van der Waals surface area contributed by atoms with E-state index in [1.807, 2.05) is 6.92 Å². The number of amides is 1. The van der Waals surface area contributed by atoms with Crippen LogP contribution in [0.5, 0.6) is 0 Å². The van der Waals surface area contributed by atoms with Gasteiger partial charge in [-0.1, -0.05) is 13.3 Å². The number of rotatable bonds is 4. The van der Waals surface area contributed by atoms with E-state index in [4.69, 9.17) is 5.73 Å². The van der Waals surface area contributed by atoms with Crippen molar-refractivity contribution in [1.82, 2.24) is 0 Å². The molecule has 3 N–H and O–H groups in total. The Balaban J connectivity index is 3.01. The van der Waals surface area contributed by atoms with Gasteiger partial charge in [0.2, 0.25) is 5.91 Å². The summed E-state index contributed by atoms with van der Waals surface area (Å²) in [6, 6.07) is 1.82. The van der Waals surface area contributed by atoms with Crippen LogP contribution in [0.25, 0.3) is 0 Å². The van der Waals surface area contributed by atoms with E-state index >= 15 is 0 Å². The van der Waals surface area contributed by atoms with Gasteiger partial charge in [-0.25, -0.2) is 4.39 Å². The van der Waals surface area contributed by atoms with Crippen LogP contribution >= 0.6 is 0 Å². The van der Waals surface area contributed by atoms with Crippen molar-refractivity contribution in [3.05, 3.63) is 29.6 Å². The first-order chi connectivity index (χ1) is 9.08. The van der Waals surface area contributed by atoms with E-state index in [0.29, 0.717) is 31.0 Å². The highest BCUT2D eigenvalue weighted by atomic mass is 19.4. The molecule has 0 bridgehead atoms. The lowest BCUT2D eigenvalue weighted by Gasteiger charge is -2.23. The molecule has 0 aliphatic heterocycles. The van der Waals surface area contributed by atoms with Crippen molar-refractivity contribution in [2.24, 2.45) is 5.73 Å². The van der Waals surface area contributed by atoms with E-state index in [-0.39, 0.29) is 0 Å². The molecule has 1 amide bonds. The number of nitrogens with one attached hydrogen (secondary N) is 1. The maximum atomic E-state index is 13.5. The predicted molar refractivity (Wildman–Crippen MR) is 67.5 cm³/mol. The molecule has 3 nitrogen and oxygen atoms in total. The normalized spacial score (nSPS) is 14.8. The standard InChI is InChI=1S/C13H16F4N2O/c1-3-6-12(2,18)11(20)19-10-7-8(13(15,16)17)4-5-9(10)14/h4-5,7H,3,6,18H2,1-2H3,(H,19,20). The minimum Gasteiger partial charge on any atom is -0.322 e. The van der Waals surface area contributed by atoms with Gasteiger partial charge in [-0.3, -0.25) is 4.79 Å². The van der Waals surface area contributed by atoms with Crippen molar-refractivity contribution >= 4 is 11.6 Å². The molecular formula is C13H16F4N2O. The third-order valence-corrected chi connectivity index (χ3v) is 2.83. The summed E-state index contributed by atoms with van der Waals surface area (Å²) >= 11 is 0. The number of hydrogen-bond acceptors (Lipinski definition) is 2. The van der Waals surface area contributed by atoms with E-state index in [9.17, 15) is 22.4 Å². The fourth-order valence-corrected chi connectivity index (χ4v) is 1.70. The average Bonchev–Trinajstić information content (AvgIpc) is 2.30. The summed E-state index contributed by atoms with van der Waals surface area (Å²) in [4.78, 5) is 11.9. The summed E-state index contributed by atoms with van der Waals surface area (Å²) in [5.74, 6) is -1.67. The van der Waals surface area contributed by atoms with Crippen LogP contribution in [0.4, 0.5) is 23.2 Å². The zero-order valence-corrected chi connectivity index (χ0v) is 11.1. The summed E-state index contributed by atoms with van der Waals surface area (Å²) in [6.45, 7) is 3.25. The van der Waals surface area contributed by atoms with Gasteiger partial charge in [0, 0.05) is 0 Å². The second kappa shape index (κ2) is 5.78. The van der Waals surface area contributed by atoms with Crippen LogP contribution in [0.2, 0.25) is 0 Å². The van der Waals surface area contributed by atoms with Gasteiger partial charge in [-0.2, -0.15) is 13.2 Å². The molecule has 0 aliphatic carbocycles. The Labute approximate surface area is 114 Å². The highest BCUT2D eigenvalue weighted by Gasteiger charge is 2.32. The molecule has 1 rings (SSSR count). The van der Waals surface area contributed by atoms with Crippen molar-refractivity contribution in [2.75, 3.05) is 5.32 Å². The minimum atomic E-state index is -4.61. The number of benzene rings is 1. The Morgan fingerprint density at radius 3 is 2.45 bits per heavy atom. The zero-order valence-electron chi connectivity index (χ0n) is 11.1. The smallest absolute Gasteiger partial charge is 0.322 e. The van der Waals surface area contributed by atoms with Crippen molar-refractivity contribution in [3.8, 4) is 0 Å². The first-order valence-electron chi connectivity index (χ1n) is 6.05. The molecule has 0 aromatic heterocycles. The lowest BCUT2D eigenvalue weighted by molar-refractivity contribution is -0.137. The van der Waals surface area contributed by atoms with Crippen molar-refractivity contribution < 1.29 is 22.4 Å². The number of halogens is 4. The van der Waals surface area contributed by atoms with Crippen LogP contribution in [0.1, 0.15) is 32.3 Å². The summed E-state index contributed by atoms with van der Waals surface area (Å²) in [7, 11) is 0. The molecule has 1 unspecified atom stereocenters. The van der Waals surface area contributed by atoms with Crippen LogP contribution in [-0.4, -0.2) is 11.4 Å². The molecule has 0 heterocycles. The Morgan fingerprint density at radius 1 is 1.35 bits per heavy atom. The summed E-state index contributed by atoms with van der Waals surface area (Å²) in [5, 5.41) is 2.11. The molecule has 1 aromatic carbocycles. The van der Waals surface area contributed by atoms with E-state index < -0.39 is 34.7 Å². The van der Waals surface area contributed by atoms with Gasteiger partial charge in [0.25, 0.3) is 0 Å². The molecule has 0 fully saturated rings. The molecule has 0 radical (unpaired) electrons. The largest absolute Gasteiger partial charge is 0.416 e. The SMILES string of the molecule is CCCC(C)(N)C(=O)Nc1cc(C(F)(F)F)ccc1F. The number of carbonyl (C=O) groups excluding carboxylic acids is 1. The molecule has 0 spiro atoms. The van der Waals surface area contributed by atoms with Gasteiger partial charge in [-0.15, -0.1) is 0 Å². The Bertz CT molecular complexity index is 498. The van der Waals surface area contributed by atoms with Gasteiger partial charge in [-0.05, 0) is 31.5 Å². The van der Waals surface area contributed by atoms with Crippen LogP contribution in [0.3, 0.4) is 0 Å². The first kappa shape index (κ1) is 16.4. The molecule has 1 aromatic rings. The van der Waals surface area contributed by atoms with Gasteiger partial charge in [0.05, 0.1) is 16.8 Å². The second-order valence-electron chi connectivity index (χ2n) is 4.81. The summed E-state index contributed by atoms with van der Waals surface area (Å²) in [6.07, 6.45) is -3.66. The van der Waals surface area contributed by atoms with E-state index in [0.717, 1.165) is 0 Å². The molecule has 20 heavy (non-hydrogen) atoms. The lowest BCUT2D eigenvalue weighted by Crippen LogP contribution is -2.48. The first-order valence-corrected chi connectivity index (χ1v) is 6.05. The zero-order chi connectivity index (χ0) is 15.6. The quantitative estimate of drug-likeness (QED) is 0.837. The predicted octanol–water partition coefficient (Wildman–Crippen LogP) is 3.30. The van der Waals surface area contributed by atoms with Gasteiger partial charge >= 0.3 is 6.18 Å². The van der Waals surface area contributed by atoms with E-state index in [1.54, 1.807) is 0 Å². The monoisotopic (exact) mass is 292 g/mol. The minimum absolute atomic E-state index is 0.333. The summed E-state index contributed by atoms with van der Waals surface area (Å²) < 4.78 is 51.1. The fourth-order valence-electron chi connectivity index (χ4n) is 1.70. The Morgan fingerprint density at radius 2 is 1.95 bits per heavy atom. The third kappa shape index (κ3) is 3.93. The maximum Gasteiger partial charge on any atom is 0.416 e. The Hall–Kier alpha value is -1.63. The molecule has 0 aliphatic rings. The van der Waals surface area contributed by atoms with E-state index in [1.165, 1.54) is 6.92 Å². The molecule has 0 saturated carbocycles. The molecule has 7 heteroatoms. The van der Waals surface area contributed by atoms with Gasteiger partial charge in [0.1, 0.15) is 5.82 Å². The van der Waals surface area contributed by atoms with Crippen LogP contribution in [0, 0.1) is 5.82 Å². The second-order valence-corrected chi connectivity index (χ2v) is 4.81. The topological polar surface area (TPSA) is 55.1 Å². The van der Waals surface area contributed by atoms with Crippen LogP contribution < -0.4 is 11.1 Å². The number of alkyl halides is 3. The number of hydrogen-bond donors (Lipinski definition) is 2. The maximum absolute atomic E-state index is 13.5. The van der Waals surface area contributed by atoms with Gasteiger partial charge < -0.3 is 11.1 Å². The number of carbonyl (C=O) groups is 1. The molecule has 0 saturated heterocycles. The van der Waals surface area contributed by atoms with Crippen LogP contribution in [-0.2, 0) is 11.0 Å². The van der Waals surface area contributed by atoms with Crippen molar-refractivity contribution in [3.63, 3.8) is 0 Å². The van der Waals surface area contributed by atoms with Crippen molar-refractivity contribution in [1.29, 1.82) is 0 Å². The highest BCUT2D eigenvalue weighted by molar-refractivity contribution is 5.97. The Kier molecular flexibility index (Phi) is 4.75. The summed E-state index contributed by atoms with van der Waals surface area (Å²) in [5.41, 5.74) is 2.90.